The maximum Gasteiger partial charge on any atom is 0.0710 e. The fourth-order valence-corrected chi connectivity index (χ4v) is 12.4. The van der Waals surface area contributed by atoms with E-state index in [-0.39, 0.29) is 22.2 Å². The van der Waals surface area contributed by atoms with E-state index in [1.807, 2.05) is 30.3 Å². The minimum atomic E-state index is -0.560. The van der Waals surface area contributed by atoms with Gasteiger partial charge in [-0.3, -0.25) is 9.97 Å². The molecule has 5 heteroatoms. The van der Waals surface area contributed by atoms with Crippen molar-refractivity contribution in [2.75, 3.05) is 0 Å². The van der Waals surface area contributed by atoms with Gasteiger partial charge >= 0.3 is 0 Å². The van der Waals surface area contributed by atoms with Crippen LogP contribution < -0.4 is 0 Å². The molecule has 4 aliphatic rings. The van der Waals surface area contributed by atoms with Gasteiger partial charge in [-0.25, -0.2) is 12.1 Å². The second-order valence-electron chi connectivity index (χ2n) is 16.1. The van der Waals surface area contributed by atoms with Crippen LogP contribution in [-0.2, 0) is 22.2 Å². The molecule has 2 aromatic heterocycles. The van der Waals surface area contributed by atoms with E-state index in [0.29, 0.717) is 11.1 Å². The molecule has 6 aromatic rings. The summed E-state index contributed by atoms with van der Waals surface area (Å²) in [6.07, 6.45) is 8.70. The zero-order valence-corrected chi connectivity index (χ0v) is 32.2. The van der Waals surface area contributed by atoms with Crippen molar-refractivity contribution in [2.24, 2.45) is 23.2 Å². The summed E-state index contributed by atoms with van der Waals surface area (Å²) in [5, 5.41) is 2.06. The van der Waals surface area contributed by atoms with Gasteiger partial charge in [0, 0.05) is 27.8 Å². The standard InChI is InChI=1S/C39H43N2P2.C5H5.Fe/c1-37(2,3)43-36(38-22-25-19-26(23-38)21-27(20-25)24-38)30-11-8-12-31(30)39(42,34-17-15-28-9-4-6-13-32(28)40-34)35-18-16-29-10-5-7-14-33(29)41-35;1-2-4-5-3-1;/h4-18,25-27,36,43H,19-24,42H2,1-3H3;1-5H;/q-1;-5;. The second-order valence-corrected chi connectivity index (χ2v) is 19.3. The van der Waals surface area contributed by atoms with Crippen LogP contribution in [0, 0.1) is 23.2 Å². The summed E-state index contributed by atoms with van der Waals surface area (Å²) < 4.78 is 0. The normalized spacial score (nSPS) is 23.8. The third kappa shape index (κ3) is 6.75. The molecule has 2 heterocycles. The molecule has 4 fully saturated rings. The fraction of sp³-hybridized carbons (Fsp3) is 0.364. The first-order valence-corrected chi connectivity index (χ1v) is 19.6. The Labute approximate surface area is 307 Å². The molecular weight excluding hydrogens is 674 g/mol. The van der Waals surface area contributed by atoms with Gasteiger partial charge in [-0.2, -0.15) is 6.07 Å². The maximum atomic E-state index is 5.37. The summed E-state index contributed by atoms with van der Waals surface area (Å²) in [7, 11) is 4.19. The Morgan fingerprint density at radius 2 is 1.16 bits per heavy atom. The summed E-state index contributed by atoms with van der Waals surface area (Å²) in [6.45, 7) is 7.39. The largest absolute Gasteiger partial charge is 0.748 e. The van der Waals surface area contributed by atoms with E-state index >= 15 is 0 Å². The molecule has 0 aliphatic heterocycles. The van der Waals surface area contributed by atoms with E-state index in [1.54, 1.807) is 5.56 Å². The van der Waals surface area contributed by atoms with Gasteiger partial charge in [0.1, 0.15) is 0 Å². The van der Waals surface area contributed by atoms with E-state index in [4.69, 9.17) is 9.97 Å². The number of hydrogen-bond acceptors (Lipinski definition) is 2. The molecule has 10 rings (SSSR count). The van der Waals surface area contributed by atoms with Gasteiger partial charge in [-0.05, 0) is 96.8 Å². The number of nitrogens with zero attached hydrogens (tertiary/aromatic N) is 2. The van der Waals surface area contributed by atoms with Crippen LogP contribution in [0.5, 0.6) is 0 Å². The van der Waals surface area contributed by atoms with Crippen molar-refractivity contribution in [3.8, 4) is 0 Å². The van der Waals surface area contributed by atoms with Gasteiger partial charge in [0.15, 0.2) is 0 Å². The number of pyridine rings is 2. The van der Waals surface area contributed by atoms with Crippen molar-refractivity contribution < 1.29 is 17.1 Å². The van der Waals surface area contributed by atoms with Crippen LogP contribution in [0.25, 0.3) is 21.8 Å². The van der Waals surface area contributed by atoms with E-state index in [9.17, 15) is 0 Å². The van der Waals surface area contributed by atoms with Crippen LogP contribution in [0.2, 0.25) is 0 Å². The molecule has 4 saturated carbocycles. The van der Waals surface area contributed by atoms with Gasteiger partial charge in [-0.1, -0.05) is 69.3 Å². The number of benzene rings is 2. The average molecular weight is 723 g/mol. The molecule has 0 radical (unpaired) electrons. The van der Waals surface area contributed by atoms with E-state index in [2.05, 4.69) is 121 Å². The average Bonchev–Trinajstić information content (AvgIpc) is 3.82. The van der Waals surface area contributed by atoms with Crippen molar-refractivity contribution in [2.45, 2.75) is 75.3 Å². The molecule has 4 aliphatic carbocycles. The first-order chi connectivity index (χ1) is 23.2. The molecule has 0 spiro atoms. The molecular formula is C44H48FeN2P2-6. The van der Waals surface area contributed by atoms with Crippen molar-refractivity contribution in [1.29, 1.82) is 0 Å². The molecule has 4 aromatic carbocycles. The van der Waals surface area contributed by atoms with Crippen molar-refractivity contribution in [3.63, 3.8) is 0 Å². The van der Waals surface area contributed by atoms with E-state index in [1.165, 1.54) is 54.9 Å². The molecule has 0 amide bonds. The number of hydrogen-bond donors (Lipinski definition) is 0. The Bertz CT molecular complexity index is 1890. The summed E-state index contributed by atoms with van der Waals surface area (Å²) in [5.74, 6) is 2.80. The van der Waals surface area contributed by atoms with Gasteiger partial charge in [0.25, 0.3) is 0 Å². The Kier molecular flexibility index (Phi) is 9.80. The van der Waals surface area contributed by atoms with Gasteiger partial charge < -0.3 is 30.3 Å². The SMILES string of the molecule is CC(C)(C)PC([c-]1cccc1C(P)(c1ccc2ccccc2n1)c1ccc2ccccc2n1)C12CC3CC(CC(C3)C1)C2.[Fe].[cH-]1[cH-][cH-][cH-][cH-]1. The van der Waals surface area contributed by atoms with Crippen molar-refractivity contribution >= 4 is 39.6 Å². The Hall–Kier alpha value is -2.66. The first-order valence-electron chi connectivity index (χ1n) is 17.9. The van der Waals surface area contributed by atoms with Crippen LogP contribution in [0.1, 0.15) is 87.5 Å². The van der Waals surface area contributed by atoms with Crippen LogP contribution in [-0.4, -0.2) is 15.1 Å². The van der Waals surface area contributed by atoms with Gasteiger partial charge in [0.05, 0.1) is 27.6 Å². The van der Waals surface area contributed by atoms with Crippen LogP contribution >= 0.6 is 17.8 Å². The summed E-state index contributed by atoms with van der Waals surface area (Å²) >= 11 is 0. The third-order valence-corrected chi connectivity index (χ3v) is 14.4. The summed E-state index contributed by atoms with van der Waals surface area (Å²) in [4.78, 5) is 10.7. The topological polar surface area (TPSA) is 25.8 Å². The van der Waals surface area contributed by atoms with E-state index in [0.717, 1.165) is 48.8 Å². The van der Waals surface area contributed by atoms with Crippen molar-refractivity contribution in [1.82, 2.24) is 9.97 Å². The van der Waals surface area contributed by atoms with Crippen LogP contribution in [0.4, 0.5) is 0 Å². The minimum absolute atomic E-state index is 0. The maximum absolute atomic E-state index is 5.37. The predicted molar refractivity (Wildman–Crippen MR) is 209 cm³/mol. The van der Waals surface area contributed by atoms with E-state index < -0.39 is 5.16 Å². The molecule has 4 bridgehead atoms. The molecule has 0 N–H and O–H groups in total. The third-order valence-electron chi connectivity index (χ3n) is 11.4. The van der Waals surface area contributed by atoms with Crippen LogP contribution in [0.3, 0.4) is 0 Å². The zero-order valence-electron chi connectivity index (χ0n) is 28.9. The monoisotopic (exact) mass is 722 g/mol. The minimum Gasteiger partial charge on any atom is -0.748 e. The first kappa shape index (κ1) is 34.8. The second kappa shape index (κ2) is 13.8. The Morgan fingerprint density at radius 1 is 0.694 bits per heavy atom. The fourth-order valence-electron chi connectivity index (χ4n) is 9.87. The Balaban J connectivity index is 0.000000581. The Morgan fingerprint density at radius 3 is 1.63 bits per heavy atom. The molecule has 3 unspecified atom stereocenters. The zero-order chi connectivity index (χ0) is 32.9. The van der Waals surface area contributed by atoms with Gasteiger partial charge in [-0.15, -0.1) is 28.9 Å². The molecule has 0 saturated heterocycles. The summed E-state index contributed by atoms with van der Waals surface area (Å²) in [5.41, 5.74) is 8.08. The van der Waals surface area contributed by atoms with Crippen LogP contribution in [0.15, 0.2) is 121 Å². The predicted octanol–water partition coefficient (Wildman–Crippen LogP) is 11.8. The quantitative estimate of drug-likeness (QED) is 0.0972. The number of aromatic nitrogens is 2. The van der Waals surface area contributed by atoms with Crippen molar-refractivity contribution in [3.05, 3.63) is 144 Å². The molecule has 3 atom stereocenters. The van der Waals surface area contributed by atoms with Gasteiger partial charge in [0.2, 0.25) is 0 Å². The molecule has 2 nitrogen and oxygen atoms in total. The smallest absolute Gasteiger partial charge is 0.0710 e. The summed E-state index contributed by atoms with van der Waals surface area (Å²) in [6, 6.07) is 43.2. The number of rotatable bonds is 6. The molecule has 49 heavy (non-hydrogen) atoms. The molecule has 258 valence electrons. The number of fused-ring (bicyclic) bond motifs is 2. The number of para-hydroxylation sites is 2.